The summed E-state index contributed by atoms with van der Waals surface area (Å²) in [4.78, 5) is 20.5. The molecule has 21 heavy (non-hydrogen) atoms. The van der Waals surface area contributed by atoms with Crippen LogP contribution in [-0.4, -0.2) is 42.5 Å². The highest BCUT2D eigenvalue weighted by Gasteiger charge is 2.30. The fraction of sp³-hybridized carbons (Fsp3) is 0.364. The van der Waals surface area contributed by atoms with Gasteiger partial charge in [0, 0.05) is 6.07 Å². The molecule has 0 aliphatic rings. The van der Waals surface area contributed by atoms with Crippen LogP contribution in [0, 0.1) is 10.1 Å². The lowest BCUT2D eigenvalue weighted by molar-refractivity contribution is -0.387. The van der Waals surface area contributed by atoms with Crippen LogP contribution in [0.5, 0.6) is 0 Å². The van der Waals surface area contributed by atoms with Crippen LogP contribution in [0.25, 0.3) is 0 Å². The van der Waals surface area contributed by atoms with Crippen LogP contribution in [0.1, 0.15) is 6.42 Å². The summed E-state index contributed by atoms with van der Waals surface area (Å²) >= 11 is 1.37. The minimum Gasteiger partial charge on any atom is -0.480 e. The first-order valence-corrected chi connectivity index (χ1v) is 8.64. The molecular weight excluding hydrogens is 320 g/mol. The average Bonchev–Trinajstić information content (AvgIpc) is 2.43. The van der Waals surface area contributed by atoms with E-state index >= 15 is 0 Å². The zero-order chi connectivity index (χ0) is 16.0. The Hall–Kier alpha value is -1.65. The van der Waals surface area contributed by atoms with Crippen LogP contribution in [0.15, 0.2) is 29.2 Å². The van der Waals surface area contributed by atoms with Gasteiger partial charge in [0.1, 0.15) is 6.04 Å². The molecule has 1 unspecified atom stereocenters. The molecule has 0 saturated heterocycles. The number of carbonyl (C=O) groups is 1. The number of nitro groups is 1. The summed E-state index contributed by atoms with van der Waals surface area (Å²) in [6.07, 6.45) is 1.84. The second-order valence-corrected chi connectivity index (χ2v) is 6.69. The maximum atomic E-state index is 12.1. The molecule has 0 radical (unpaired) electrons. The molecule has 0 amide bonds. The summed E-state index contributed by atoms with van der Waals surface area (Å²) in [5, 5.41) is 19.9. The summed E-state index contributed by atoms with van der Waals surface area (Å²) in [7, 11) is -4.29. The maximum absolute atomic E-state index is 12.1. The zero-order valence-corrected chi connectivity index (χ0v) is 12.7. The minimum absolute atomic E-state index is 0.0797. The number of carboxylic acids is 1. The molecule has 1 rings (SSSR count). The van der Waals surface area contributed by atoms with E-state index in [9.17, 15) is 23.3 Å². The third-order valence-corrected chi connectivity index (χ3v) is 4.72. The van der Waals surface area contributed by atoms with E-state index in [-0.39, 0.29) is 6.42 Å². The van der Waals surface area contributed by atoms with Crippen LogP contribution in [0.2, 0.25) is 0 Å². The molecule has 0 aliphatic heterocycles. The van der Waals surface area contributed by atoms with E-state index in [0.717, 1.165) is 12.1 Å². The summed E-state index contributed by atoms with van der Waals surface area (Å²) in [6, 6.07) is 3.45. The normalized spacial score (nSPS) is 12.8. The van der Waals surface area contributed by atoms with Gasteiger partial charge < -0.3 is 5.11 Å². The lowest BCUT2D eigenvalue weighted by Gasteiger charge is -2.14. The first-order valence-electron chi connectivity index (χ1n) is 5.77. The minimum atomic E-state index is -4.29. The third kappa shape index (κ3) is 4.69. The van der Waals surface area contributed by atoms with Crippen molar-refractivity contribution < 1.29 is 23.2 Å². The Kier molecular flexibility index (Phi) is 6.12. The number of para-hydroxylation sites is 1. The van der Waals surface area contributed by atoms with Crippen molar-refractivity contribution in [3.63, 3.8) is 0 Å². The maximum Gasteiger partial charge on any atom is 0.321 e. The number of aliphatic carboxylic acids is 1. The van der Waals surface area contributed by atoms with E-state index in [1.54, 1.807) is 6.26 Å². The topological polar surface area (TPSA) is 127 Å². The number of rotatable bonds is 8. The van der Waals surface area contributed by atoms with Gasteiger partial charge in [-0.3, -0.25) is 14.9 Å². The van der Waals surface area contributed by atoms with Gasteiger partial charge >= 0.3 is 5.97 Å². The zero-order valence-electron chi connectivity index (χ0n) is 11.1. The lowest BCUT2D eigenvalue weighted by Crippen LogP contribution is -2.41. The quantitative estimate of drug-likeness (QED) is 0.538. The van der Waals surface area contributed by atoms with Crippen LogP contribution in [0.3, 0.4) is 0 Å². The van der Waals surface area contributed by atoms with Gasteiger partial charge in [-0.15, -0.1) is 0 Å². The molecule has 0 spiro atoms. The van der Waals surface area contributed by atoms with E-state index in [2.05, 4.69) is 0 Å². The highest BCUT2D eigenvalue weighted by atomic mass is 32.2. The molecule has 1 aromatic carbocycles. The largest absolute Gasteiger partial charge is 0.480 e. The number of hydrogen-bond donors (Lipinski definition) is 2. The van der Waals surface area contributed by atoms with Gasteiger partial charge in [-0.25, -0.2) is 8.42 Å². The Morgan fingerprint density at radius 2 is 2.10 bits per heavy atom. The molecule has 0 saturated carbocycles. The highest BCUT2D eigenvalue weighted by Crippen LogP contribution is 2.23. The van der Waals surface area contributed by atoms with Crippen LogP contribution >= 0.6 is 11.8 Å². The van der Waals surface area contributed by atoms with Gasteiger partial charge in [-0.05, 0) is 24.5 Å². The van der Waals surface area contributed by atoms with Gasteiger partial charge in [0.2, 0.25) is 10.0 Å². The van der Waals surface area contributed by atoms with Gasteiger partial charge in [0.05, 0.1) is 4.92 Å². The number of benzene rings is 1. The summed E-state index contributed by atoms with van der Waals surface area (Å²) in [6.45, 7) is 0. The van der Waals surface area contributed by atoms with Gasteiger partial charge in [-0.2, -0.15) is 16.5 Å². The molecule has 0 fully saturated rings. The summed E-state index contributed by atoms with van der Waals surface area (Å²) < 4.78 is 26.3. The predicted octanol–water partition coefficient (Wildman–Crippen LogP) is 1.08. The number of nitro benzene ring substituents is 1. The fourth-order valence-electron chi connectivity index (χ4n) is 1.55. The Labute approximate surface area is 125 Å². The van der Waals surface area contributed by atoms with Crippen molar-refractivity contribution in [2.75, 3.05) is 12.0 Å². The molecule has 8 nitrogen and oxygen atoms in total. The Morgan fingerprint density at radius 3 is 2.62 bits per heavy atom. The molecule has 0 bridgehead atoms. The molecule has 0 heterocycles. The molecule has 2 N–H and O–H groups in total. The Balaban J connectivity index is 3.11. The van der Waals surface area contributed by atoms with Crippen molar-refractivity contribution in [2.45, 2.75) is 17.4 Å². The molecule has 0 aliphatic carbocycles. The molecular formula is C11H14N2O6S2. The van der Waals surface area contributed by atoms with Crippen LogP contribution in [-0.2, 0) is 14.8 Å². The lowest BCUT2D eigenvalue weighted by atomic mass is 10.2. The third-order valence-electron chi connectivity index (χ3n) is 2.56. The number of carboxylic acid groups (broad SMARTS) is 1. The summed E-state index contributed by atoms with van der Waals surface area (Å²) in [5.74, 6) is -0.887. The SMILES string of the molecule is CSCCC(NS(=O)(=O)c1ccccc1[N+](=O)[O-])C(=O)O. The van der Waals surface area contributed by atoms with Crippen molar-refractivity contribution >= 4 is 33.4 Å². The van der Waals surface area contributed by atoms with E-state index < -0.39 is 37.5 Å². The predicted molar refractivity (Wildman–Crippen MR) is 77.8 cm³/mol. The average molecular weight is 334 g/mol. The molecule has 0 aromatic heterocycles. The Bertz CT molecular complexity index is 631. The first kappa shape index (κ1) is 17.4. The van der Waals surface area contributed by atoms with E-state index in [1.165, 1.54) is 23.9 Å². The second kappa shape index (κ2) is 7.38. The standard InChI is InChI=1S/C11H14N2O6S2/c1-20-7-6-8(11(14)15)12-21(18,19)10-5-3-2-4-9(10)13(16)17/h2-5,8,12H,6-7H2,1H3,(H,14,15). The first-order chi connectivity index (χ1) is 9.79. The van der Waals surface area contributed by atoms with Crippen molar-refractivity contribution in [3.8, 4) is 0 Å². The number of nitrogens with zero attached hydrogens (tertiary/aromatic N) is 1. The van der Waals surface area contributed by atoms with Gasteiger partial charge in [0.15, 0.2) is 4.90 Å². The molecule has 1 atom stereocenters. The molecule has 1 aromatic rings. The van der Waals surface area contributed by atoms with Crippen molar-refractivity contribution in [2.24, 2.45) is 0 Å². The van der Waals surface area contributed by atoms with Crippen LogP contribution < -0.4 is 4.72 Å². The number of sulfonamides is 1. The second-order valence-electron chi connectivity index (χ2n) is 4.02. The van der Waals surface area contributed by atoms with Crippen LogP contribution in [0.4, 0.5) is 5.69 Å². The summed E-state index contributed by atoms with van der Waals surface area (Å²) in [5.41, 5.74) is -0.598. The van der Waals surface area contributed by atoms with Gasteiger partial charge in [0.25, 0.3) is 5.69 Å². The molecule has 10 heteroatoms. The van der Waals surface area contributed by atoms with E-state index in [4.69, 9.17) is 5.11 Å². The number of hydrogen-bond acceptors (Lipinski definition) is 6. The van der Waals surface area contributed by atoms with Crippen molar-refractivity contribution in [3.05, 3.63) is 34.4 Å². The van der Waals surface area contributed by atoms with Crippen molar-refractivity contribution in [1.82, 2.24) is 4.72 Å². The number of nitrogens with one attached hydrogen (secondary N) is 1. The Morgan fingerprint density at radius 1 is 1.48 bits per heavy atom. The van der Waals surface area contributed by atoms with Gasteiger partial charge in [-0.1, -0.05) is 12.1 Å². The van der Waals surface area contributed by atoms with E-state index in [1.807, 2.05) is 4.72 Å². The fourth-order valence-corrected chi connectivity index (χ4v) is 3.42. The highest BCUT2D eigenvalue weighted by molar-refractivity contribution is 7.98. The van der Waals surface area contributed by atoms with Crippen molar-refractivity contribution in [1.29, 1.82) is 0 Å². The number of thioether (sulfide) groups is 1. The monoisotopic (exact) mass is 334 g/mol. The van der Waals surface area contributed by atoms with E-state index in [0.29, 0.717) is 5.75 Å². The smallest absolute Gasteiger partial charge is 0.321 e. The molecule has 116 valence electrons.